The Bertz CT molecular complexity index is 1250. The van der Waals surface area contributed by atoms with Gasteiger partial charge < -0.3 is 19.7 Å². The number of aryl methyl sites for hydroxylation is 1. The van der Waals surface area contributed by atoms with E-state index in [1.54, 1.807) is 0 Å². The highest BCUT2D eigenvalue weighted by Crippen LogP contribution is 2.52. The fourth-order valence-electron chi connectivity index (χ4n) is 7.93. The molecular formula is C40H62FN5. The van der Waals surface area contributed by atoms with Gasteiger partial charge >= 0.3 is 0 Å². The summed E-state index contributed by atoms with van der Waals surface area (Å²) in [5, 5.41) is 3.62. The van der Waals surface area contributed by atoms with Gasteiger partial charge in [0.1, 0.15) is 5.82 Å². The molecule has 254 valence electrons. The molecule has 1 saturated heterocycles. The van der Waals surface area contributed by atoms with Crippen molar-refractivity contribution in [1.29, 1.82) is 0 Å². The monoisotopic (exact) mass is 631 g/mol. The molecule has 2 heterocycles. The molecule has 0 aromatic carbocycles. The molecule has 1 aliphatic heterocycles. The Hall–Kier alpha value is -3.12. The van der Waals surface area contributed by atoms with Crippen LogP contribution in [0.2, 0.25) is 0 Å². The number of likely N-dealkylation sites (tertiary alicyclic amines) is 1. The average Bonchev–Trinajstić information content (AvgIpc) is 3.68. The minimum Gasteiger partial charge on any atom is -0.388 e. The van der Waals surface area contributed by atoms with E-state index in [1.165, 1.54) is 23.8 Å². The van der Waals surface area contributed by atoms with Gasteiger partial charge in [0.05, 0.1) is 6.33 Å². The number of allylic oxidation sites excluding steroid dienone is 10. The smallest absolute Gasteiger partial charge is 0.108 e. The SMILES string of the molecule is C=CN[C@H]1CCCC1C(Cn1ccnc1CC)(C(=C)/C=C\C=C\F)C(C)CCN(CCC)CC1CN(/C(C)=C/C=C(C)\C=C/C)C1. The van der Waals surface area contributed by atoms with E-state index in [9.17, 15) is 4.39 Å². The lowest BCUT2D eigenvalue weighted by atomic mass is 9.60. The van der Waals surface area contributed by atoms with Gasteiger partial charge in [0.15, 0.2) is 0 Å². The third-order valence-electron chi connectivity index (χ3n) is 10.4. The van der Waals surface area contributed by atoms with E-state index in [4.69, 9.17) is 6.58 Å². The van der Waals surface area contributed by atoms with Crippen molar-refractivity contribution < 1.29 is 4.39 Å². The zero-order valence-electron chi connectivity index (χ0n) is 29.7. The van der Waals surface area contributed by atoms with Gasteiger partial charge in [-0.05, 0) is 95.3 Å². The van der Waals surface area contributed by atoms with Crippen LogP contribution < -0.4 is 5.32 Å². The summed E-state index contributed by atoms with van der Waals surface area (Å²) in [6.07, 6.45) is 27.1. The molecule has 1 aliphatic carbocycles. The molecule has 3 unspecified atom stereocenters. The molecule has 2 fully saturated rings. The molecule has 1 N–H and O–H groups in total. The highest BCUT2D eigenvalue weighted by Gasteiger charge is 2.50. The molecule has 1 saturated carbocycles. The maximum atomic E-state index is 13.0. The Morgan fingerprint density at radius 3 is 2.63 bits per heavy atom. The molecular weight excluding hydrogens is 569 g/mol. The number of aromatic nitrogens is 2. The quantitative estimate of drug-likeness (QED) is 0.146. The second kappa shape index (κ2) is 18.9. The lowest BCUT2D eigenvalue weighted by Crippen LogP contribution is -2.51. The molecule has 2 aliphatic rings. The highest BCUT2D eigenvalue weighted by molar-refractivity contribution is 5.30. The molecule has 3 rings (SSSR count). The Morgan fingerprint density at radius 1 is 1.17 bits per heavy atom. The molecule has 0 radical (unpaired) electrons. The van der Waals surface area contributed by atoms with Crippen LogP contribution in [0, 0.1) is 23.2 Å². The molecule has 4 atom stereocenters. The summed E-state index contributed by atoms with van der Waals surface area (Å²) >= 11 is 0. The second-order valence-electron chi connectivity index (χ2n) is 13.6. The Balaban J connectivity index is 1.83. The molecule has 0 amide bonds. The van der Waals surface area contributed by atoms with Crippen LogP contribution in [0.1, 0.15) is 79.5 Å². The van der Waals surface area contributed by atoms with Crippen LogP contribution >= 0.6 is 0 Å². The molecule has 5 nitrogen and oxygen atoms in total. The fourth-order valence-corrected chi connectivity index (χ4v) is 7.93. The summed E-state index contributed by atoms with van der Waals surface area (Å²) in [5.41, 5.74) is 3.47. The fraction of sp³-hybridized carbons (Fsp3) is 0.575. The van der Waals surface area contributed by atoms with Crippen molar-refractivity contribution in [2.24, 2.45) is 23.2 Å². The van der Waals surface area contributed by atoms with Gasteiger partial charge in [0, 0.05) is 68.1 Å². The summed E-state index contributed by atoms with van der Waals surface area (Å²) < 4.78 is 15.4. The summed E-state index contributed by atoms with van der Waals surface area (Å²) in [6, 6.07) is 0.330. The van der Waals surface area contributed by atoms with Gasteiger partial charge in [-0.25, -0.2) is 9.37 Å². The zero-order chi connectivity index (χ0) is 33.5. The van der Waals surface area contributed by atoms with Gasteiger partial charge in [0.2, 0.25) is 0 Å². The van der Waals surface area contributed by atoms with Crippen molar-refractivity contribution in [3.8, 4) is 0 Å². The summed E-state index contributed by atoms with van der Waals surface area (Å²) in [5.74, 6) is 2.51. The van der Waals surface area contributed by atoms with Gasteiger partial charge in [-0.2, -0.15) is 0 Å². The predicted molar refractivity (Wildman–Crippen MR) is 195 cm³/mol. The maximum Gasteiger partial charge on any atom is 0.108 e. The van der Waals surface area contributed by atoms with Crippen LogP contribution in [-0.2, 0) is 13.0 Å². The molecule has 0 spiro atoms. The molecule has 1 aromatic heterocycles. The van der Waals surface area contributed by atoms with Gasteiger partial charge in [-0.15, -0.1) is 0 Å². The Kier molecular flexibility index (Phi) is 15.3. The standard InChI is InChI=1S/C40H62FN5/c1-9-16-32(5)20-21-35(8)46-29-36(30-46)28-44(25-10-2)26-22-34(7)40(33(6)17-13-14-23-41,31-45-27-24-43-39(45)11-3)37-18-15-19-38(37)42-12-4/h9,12-14,16-17,20-21,23-24,27,34,36-38,42H,4,6,10-11,15,18-19,22,25-26,28-31H2,1-3,5,7-8H3/b16-9-,17-13-,23-14+,32-20-,35-21+/t34?,37?,38-,40?/m0/s1. The van der Waals surface area contributed by atoms with Crippen LogP contribution in [0.25, 0.3) is 0 Å². The second-order valence-corrected chi connectivity index (χ2v) is 13.6. The van der Waals surface area contributed by atoms with Gasteiger partial charge in [-0.1, -0.05) is 76.3 Å². The van der Waals surface area contributed by atoms with Gasteiger partial charge in [-0.3, -0.25) is 0 Å². The van der Waals surface area contributed by atoms with Crippen LogP contribution in [0.5, 0.6) is 0 Å². The van der Waals surface area contributed by atoms with Crippen molar-refractivity contribution in [1.82, 2.24) is 24.7 Å². The number of hydrogen-bond donors (Lipinski definition) is 1. The van der Waals surface area contributed by atoms with Crippen LogP contribution in [0.4, 0.5) is 4.39 Å². The normalized spacial score (nSPS) is 21.9. The third-order valence-corrected chi connectivity index (χ3v) is 10.4. The van der Waals surface area contributed by atoms with Gasteiger partial charge in [0.25, 0.3) is 0 Å². The number of nitrogens with one attached hydrogen (secondary N) is 1. The largest absolute Gasteiger partial charge is 0.388 e. The van der Waals surface area contributed by atoms with E-state index < -0.39 is 0 Å². The van der Waals surface area contributed by atoms with Crippen LogP contribution in [-0.4, -0.2) is 58.1 Å². The topological polar surface area (TPSA) is 36.3 Å². The number of halogens is 1. The highest BCUT2D eigenvalue weighted by atomic mass is 19.1. The van der Waals surface area contributed by atoms with Crippen molar-refractivity contribution in [2.75, 3.05) is 32.7 Å². The van der Waals surface area contributed by atoms with Crippen LogP contribution in [0.15, 0.2) is 97.5 Å². The number of imidazole rings is 1. The molecule has 0 bridgehead atoms. The maximum absolute atomic E-state index is 13.0. The number of rotatable bonds is 20. The first-order valence-corrected chi connectivity index (χ1v) is 17.7. The van der Waals surface area contributed by atoms with Crippen molar-refractivity contribution >= 4 is 0 Å². The summed E-state index contributed by atoms with van der Waals surface area (Å²) in [7, 11) is 0. The average molecular weight is 632 g/mol. The first-order chi connectivity index (χ1) is 22.2. The molecule has 6 heteroatoms. The van der Waals surface area contributed by atoms with Crippen molar-refractivity contribution in [2.45, 2.75) is 92.7 Å². The first-order valence-electron chi connectivity index (χ1n) is 17.7. The first kappa shape index (κ1) is 37.3. The van der Waals surface area contributed by atoms with E-state index in [-0.39, 0.29) is 5.41 Å². The van der Waals surface area contributed by atoms with E-state index in [0.29, 0.717) is 30.1 Å². The lowest BCUT2D eigenvalue weighted by molar-refractivity contribution is 0.0630. The summed E-state index contributed by atoms with van der Waals surface area (Å²) in [4.78, 5) is 9.90. The minimum atomic E-state index is -0.228. The van der Waals surface area contributed by atoms with E-state index in [2.05, 4.69) is 109 Å². The zero-order valence-corrected chi connectivity index (χ0v) is 29.7. The number of hydrogen-bond acceptors (Lipinski definition) is 4. The Morgan fingerprint density at radius 2 is 1.96 bits per heavy atom. The summed E-state index contributed by atoms with van der Waals surface area (Å²) in [6.45, 7) is 28.5. The van der Waals surface area contributed by atoms with Crippen molar-refractivity contribution in [3.05, 3.63) is 103 Å². The minimum absolute atomic E-state index is 0.228. The van der Waals surface area contributed by atoms with E-state index in [1.807, 2.05) is 18.5 Å². The lowest BCUT2D eigenvalue weighted by Gasteiger charge is -2.48. The third kappa shape index (κ3) is 9.70. The molecule has 46 heavy (non-hydrogen) atoms. The number of nitrogens with zero attached hydrogens (tertiary/aromatic N) is 4. The molecule has 1 aromatic rings. The Labute approximate surface area is 280 Å². The predicted octanol–water partition coefficient (Wildman–Crippen LogP) is 9.03. The van der Waals surface area contributed by atoms with Crippen LogP contribution in [0.3, 0.4) is 0 Å². The van der Waals surface area contributed by atoms with Crippen molar-refractivity contribution in [3.63, 3.8) is 0 Å². The van der Waals surface area contributed by atoms with E-state index in [0.717, 1.165) is 82.8 Å². The van der Waals surface area contributed by atoms with E-state index >= 15 is 0 Å².